The molecule has 0 nitrogen and oxygen atoms in total. The predicted octanol–water partition coefficient (Wildman–Crippen LogP) is 2.67. The standard InChI is InChI=1S/C7H15P/c1-2-8-6-4-3-5-7-8/h2-7H2,1H3. The average Bonchev–Trinajstić information content (AvgIpc) is 1.90. The zero-order valence-electron chi connectivity index (χ0n) is 5.69. The van der Waals surface area contributed by atoms with Crippen LogP contribution >= 0.6 is 7.92 Å². The van der Waals surface area contributed by atoms with Gasteiger partial charge in [-0.15, -0.1) is 7.92 Å². The Morgan fingerprint density at radius 2 is 1.75 bits per heavy atom. The molecular weight excluding hydrogens is 115 g/mol. The van der Waals surface area contributed by atoms with Gasteiger partial charge in [0.15, 0.2) is 0 Å². The Balaban J connectivity index is 2.13. The van der Waals surface area contributed by atoms with E-state index in [9.17, 15) is 0 Å². The van der Waals surface area contributed by atoms with Crippen LogP contribution in [0.2, 0.25) is 0 Å². The Labute approximate surface area is 53.4 Å². The molecule has 0 aromatic heterocycles. The summed E-state index contributed by atoms with van der Waals surface area (Å²) in [5.74, 6) is 0. The van der Waals surface area contributed by atoms with E-state index in [1.807, 2.05) is 0 Å². The van der Waals surface area contributed by atoms with Gasteiger partial charge in [-0.2, -0.15) is 0 Å². The first-order chi connectivity index (χ1) is 3.93. The lowest BCUT2D eigenvalue weighted by Crippen LogP contribution is -1.99. The van der Waals surface area contributed by atoms with Gasteiger partial charge < -0.3 is 0 Å². The van der Waals surface area contributed by atoms with E-state index in [0.717, 1.165) is 0 Å². The Bertz CT molecular complexity index is 55.4. The molecule has 1 heterocycles. The molecule has 1 aliphatic rings. The van der Waals surface area contributed by atoms with Crippen molar-refractivity contribution in [2.75, 3.05) is 18.5 Å². The van der Waals surface area contributed by atoms with E-state index in [1.165, 1.54) is 25.4 Å². The summed E-state index contributed by atoms with van der Waals surface area (Å²) < 4.78 is 0. The highest BCUT2D eigenvalue weighted by Crippen LogP contribution is 2.40. The van der Waals surface area contributed by atoms with Crippen LogP contribution < -0.4 is 0 Å². The summed E-state index contributed by atoms with van der Waals surface area (Å²) in [6.45, 7) is 2.34. The molecular formula is C7H15P. The van der Waals surface area contributed by atoms with Crippen LogP contribution in [0.3, 0.4) is 0 Å². The number of hydrogen-bond donors (Lipinski definition) is 0. The van der Waals surface area contributed by atoms with E-state index in [0.29, 0.717) is 7.92 Å². The average molecular weight is 130 g/mol. The van der Waals surface area contributed by atoms with Gasteiger partial charge in [0.25, 0.3) is 0 Å². The van der Waals surface area contributed by atoms with Gasteiger partial charge in [0.05, 0.1) is 0 Å². The van der Waals surface area contributed by atoms with Crippen molar-refractivity contribution in [3.63, 3.8) is 0 Å². The van der Waals surface area contributed by atoms with Gasteiger partial charge in [-0.1, -0.05) is 13.3 Å². The van der Waals surface area contributed by atoms with Crippen molar-refractivity contribution < 1.29 is 0 Å². The fraction of sp³-hybridized carbons (Fsp3) is 1.00. The molecule has 8 heavy (non-hydrogen) atoms. The molecule has 1 saturated heterocycles. The van der Waals surface area contributed by atoms with E-state index in [1.54, 1.807) is 12.3 Å². The van der Waals surface area contributed by atoms with Crippen molar-refractivity contribution in [2.45, 2.75) is 26.2 Å². The van der Waals surface area contributed by atoms with Gasteiger partial charge in [0.1, 0.15) is 0 Å². The lowest BCUT2D eigenvalue weighted by Gasteiger charge is -2.19. The van der Waals surface area contributed by atoms with Gasteiger partial charge in [0, 0.05) is 0 Å². The highest BCUT2D eigenvalue weighted by Gasteiger charge is 2.08. The summed E-state index contributed by atoms with van der Waals surface area (Å²) in [5.41, 5.74) is 0. The maximum atomic E-state index is 2.34. The van der Waals surface area contributed by atoms with Crippen LogP contribution in [0.15, 0.2) is 0 Å². The summed E-state index contributed by atoms with van der Waals surface area (Å²) in [5, 5.41) is 0. The summed E-state index contributed by atoms with van der Waals surface area (Å²) in [4.78, 5) is 0. The molecule has 1 rings (SSSR count). The lowest BCUT2D eigenvalue weighted by molar-refractivity contribution is 0.752. The number of rotatable bonds is 1. The summed E-state index contributed by atoms with van der Waals surface area (Å²) in [7, 11) is 0.530. The van der Waals surface area contributed by atoms with Crippen molar-refractivity contribution in [1.29, 1.82) is 0 Å². The molecule has 1 fully saturated rings. The molecule has 1 aliphatic heterocycles. The normalized spacial score (nSPS) is 23.6. The van der Waals surface area contributed by atoms with Crippen LogP contribution in [0.1, 0.15) is 26.2 Å². The van der Waals surface area contributed by atoms with Gasteiger partial charge >= 0.3 is 0 Å². The van der Waals surface area contributed by atoms with Crippen molar-refractivity contribution >= 4 is 7.92 Å². The molecule has 0 saturated carbocycles. The highest BCUT2D eigenvalue weighted by molar-refractivity contribution is 7.57. The lowest BCUT2D eigenvalue weighted by atomic mass is 10.3. The third-order valence-electron chi connectivity index (χ3n) is 1.90. The maximum Gasteiger partial charge on any atom is -0.0326 e. The Morgan fingerprint density at radius 1 is 1.12 bits per heavy atom. The third kappa shape index (κ3) is 1.74. The molecule has 0 aromatic carbocycles. The van der Waals surface area contributed by atoms with Crippen LogP contribution in [0.5, 0.6) is 0 Å². The smallest absolute Gasteiger partial charge is 0.0326 e. The van der Waals surface area contributed by atoms with E-state index >= 15 is 0 Å². The second kappa shape index (κ2) is 3.45. The van der Waals surface area contributed by atoms with Crippen molar-refractivity contribution in [3.05, 3.63) is 0 Å². The van der Waals surface area contributed by atoms with Gasteiger partial charge in [-0.3, -0.25) is 0 Å². The zero-order chi connectivity index (χ0) is 5.82. The van der Waals surface area contributed by atoms with E-state index in [4.69, 9.17) is 0 Å². The SMILES string of the molecule is CCP1CCCCC1. The predicted molar refractivity (Wildman–Crippen MR) is 41.0 cm³/mol. The molecule has 0 N–H and O–H groups in total. The van der Waals surface area contributed by atoms with Crippen molar-refractivity contribution in [1.82, 2.24) is 0 Å². The number of hydrogen-bond acceptors (Lipinski definition) is 0. The molecule has 48 valence electrons. The van der Waals surface area contributed by atoms with E-state index in [-0.39, 0.29) is 0 Å². The Morgan fingerprint density at radius 3 is 2.12 bits per heavy atom. The van der Waals surface area contributed by atoms with Gasteiger partial charge in [0.2, 0.25) is 0 Å². The van der Waals surface area contributed by atoms with Gasteiger partial charge in [-0.25, -0.2) is 0 Å². The summed E-state index contributed by atoms with van der Waals surface area (Å²) in [6.07, 6.45) is 9.20. The topological polar surface area (TPSA) is 0 Å². The van der Waals surface area contributed by atoms with Crippen LogP contribution in [-0.4, -0.2) is 18.5 Å². The minimum atomic E-state index is 0.530. The maximum absolute atomic E-state index is 2.34. The quantitative estimate of drug-likeness (QED) is 0.479. The van der Waals surface area contributed by atoms with Crippen LogP contribution in [-0.2, 0) is 0 Å². The van der Waals surface area contributed by atoms with Crippen LogP contribution in [0.4, 0.5) is 0 Å². The second-order valence-corrected chi connectivity index (χ2v) is 5.36. The summed E-state index contributed by atoms with van der Waals surface area (Å²) in [6, 6.07) is 0. The van der Waals surface area contributed by atoms with Crippen LogP contribution in [0.25, 0.3) is 0 Å². The minimum Gasteiger partial charge on any atom is -0.107 e. The third-order valence-corrected chi connectivity index (χ3v) is 4.69. The fourth-order valence-electron chi connectivity index (χ4n) is 1.28. The molecule has 0 aliphatic carbocycles. The van der Waals surface area contributed by atoms with Crippen molar-refractivity contribution in [3.8, 4) is 0 Å². The Kier molecular flexibility index (Phi) is 2.83. The molecule has 0 spiro atoms. The first kappa shape index (κ1) is 6.55. The molecule has 0 bridgehead atoms. The monoisotopic (exact) mass is 130 g/mol. The molecule has 0 unspecified atom stereocenters. The van der Waals surface area contributed by atoms with E-state index in [2.05, 4.69) is 6.92 Å². The molecule has 0 aromatic rings. The highest BCUT2D eigenvalue weighted by atomic mass is 31.1. The largest absolute Gasteiger partial charge is 0.107 e. The zero-order valence-corrected chi connectivity index (χ0v) is 6.58. The first-order valence-corrected chi connectivity index (χ1v) is 5.55. The summed E-state index contributed by atoms with van der Waals surface area (Å²) >= 11 is 0. The molecule has 0 radical (unpaired) electrons. The van der Waals surface area contributed by atoms with Gasteiger partial charge in [-0.05, 0) is 31.3 Å². The fourth-order valence-corrected chi connectivity index (χ4v) is 3.47. The van der Waals surface area contributed by atoms with E-state index < -0.39 is 0 Å². The molecule has 0 atom stereocenters. The van der Waals surface area contributed by atoms with Crippen LogP contribution in [0, 0.1) is 0 Å². The minimum absolute atomic E-state index is 0.530. The first-order valence-electron chi connectivity index (χ1n) is 3.66. The molecule has 0 amide bonds. The van der Waals surface area contributed by atoms with Crippen molar-refractivity contribution in [2.24, 2.45) is 0 Å². The molecule has 1 heteroatoms. The second-order valence-electron chi connectivity index (χ2n) is 2.49. The Hall–Kier alpha value is 0.430.